The van der Waals surface area contributed by atoms with Crippen molar-refractivity contribution in [3.63, 3.8) is 0 Å². The summed E-state index contributed by atoms with van der Waals surface area (Å²) >= 11 is 6.58. The predicted octanol–water partition coefficient (Wildman–Crippen LogP) is 7.07. The number of ether oxygens (including phenoxy) is 1. The molecule has 0 aromatic heterocycles. The van der Waals surface area contributed by atoms with Crippen molar-refractivity contribution in [1.82, 2.24) is 0 Å². The van der Waals surface area contributed by atoms with E-state index >= 15 is 0 Å². The third-order valence-corrected chi connectivity index (χ3v) is 4.81. The first-order chi connectivity index (χ1) is 12.3. The van der Waals surface area contributed by atoms with Gasteiger partial charge in [-0.15, -0.1) is 0 Å². The molecule has 120 valence electrons. The van der Waals surface area contributed by atoms with E-state index in [0.717, 1.165) is 28.6 Å². The Bertz CT molecular complexity index is 1100. The molecular formula is C22H14ClNO. The maximum Gasteiger partial charge on any atom is 0.153 e. The van der Waals surface area contributed by atoms with Gasteiger partial charge in [0.15, 0.2) is 11.5 Å². The van der Waals surface area contributed by atoms with Crippen molar-refractivity contribution < 1.29 is 4.74 Å². The molecule has 4 aromatic carbocycles. The van der Waals surface area contributed by atoms with Crippen molar-refractivity contribution in [2.75, 3.05) is 4.90 Å². The molecule has 0 saturated heterocycles. The summed E-state index contributed by atoms with van der Waals surface area (Å²) in [7, 11) is 0. The molecule has 0 aliphatic carbocycles. The number of hydrogen-bond donors (Lipinski definition) is 0. The summed E-state index contributed by atoms with van der Waals surface area (Å²) in [5, 5.41) is 3.03. The van der Waals surface area contributed by atoms with Crippen LogP contribution in [0.1, 0.15) is 0 Å². The minimum Gasteiger partial charge on any atom is -0.453 e. The third kappa shape index (κ3) is 2.19. The Labute approximate surface area is 150 Å². The Morgan fingerprint density at radius 2 is 1.32 bits per heavy atom. The Hall–Kier alpha value is -2.97. The minimum atomic E-state index is 0.667. The lowest BCUT2D eigenvalue weighted by Crippen LogP contribution is -2.16. The summed E-state index contributed by atoms with van der Waals surface area (Å²) in [6.07, 6.45) is 0. The predicted molar refractivity (Wildman–Crippen MR) is 104 cm³/mol. The van der Waals surface area contributed by atoms with Crippen LogP contribution in [-0.4, -0.2) is 0 Å². The van der Waals surface area contributed by atoms with Gasteiger partial charge in [-0.3, -0.25) is 0 Å². The van der Waals surface area contributed by atoms with Crippen molar-refractivity contribution in [2.45, 2.75) is 0 Å². The second kappa shape index (κ2) is 5.54. The highest BCUT2D eigenvalue weighted by atomic mass is 35.5. The topological polar surface area (TPSA) is 12.5 Å². The molecule has 0 spiro atoms. The fourth-order valence-corrected chi connectivity index (χ4v) is 3.67. The van der Waals surface area contributed by atoms with Gasteiger partial charge >= 0.3 is 0 Å². The van der Waals surface area contributed by atoms with E-state index in [9.17, 15) is 0 Å². The zero-order valence-corrected chi connectivity index (χ0v) is 14.1. The SMILES string of the molecule is Clc1cccc2c1N(c1cccc3ccccc13)c1ccccc1O2. The van der Waals surface area contributed by atoms with Crippen molar-refractivity contribution in [3.8, 4) is 11.5 Å². The molecule has 0 N–H and O–H groups in total. The van der Waals surface area contributed by atoms with E-state index in [4.69, 9.17) is 16.3 Å². The van der Waals surface area contributed by atoms with Gasteiger partial charge in [0.1, 0.15) is 5.69 Å². The van der Waals surface area contributed by atoms with Crippen LogP contribution < -0.4 is 9.64 Å². The van der Waals surface area contributed by atoms with Crippen molar-refractivity contribution >= 4 is 39.4 Å². The van der Waals surface area contributed by atoms with Crippen LogP contribution in [0.25, 0.3) is 10.8 Å². The fourth-order valence-electron chi connectivity index (χ4n) is 3.42. The molecule has 0 unspecified atom stereocenters. The number of anilines is 3. The second-order valence-corrected chi connectivity index (χ2v) is 6.40. The third-order valence-electron chi connectivity index (χ3n) is 4.51. The summed E-state index contributed by atoms with van der Waals surface area (Å²) in [5.41, 5.74) is 2.95. The molecule has 0 bridgehead atoms. The van der Waals surface area contributed by atoms with Gasteiger partial charge in [-0.1, -0.05) is 66.2 Å². The lowest BCUT2D eigenvalue weighted by atomic mass is 10.1. The average molecular weight is 344 g/mol. The highest BCUT2D eigenvalue weighted by molar-refractivity contribution is 6.34. The standard InChI is InChI=1S/C22H14ClNO/c23-17-10-6-14-21-22(17)24(19-11-3-4-13-20(19)25-21)18-12-5-8-15-7-1-2-9-16(15)18/h1-14H. The van der Waals surface area contributed by atoms with E-state index in [1.807, 2.05) is 36.4 Å². The molecule has 1 aliphatic rings. The van der Waals surface area contributed by atoms with E-state index in [1.54, 1.807) is 0 Å². The van der Waals surface area contributed by atoms with Gasteiger partial charge in [-0.05, 0) is 35.7 Å². The zero-order chi connectivity index (χ0) is 16.8. The molecule has 2 nitrogen and oxygen atoms in total. The van der Waals surface area contributed by atoms with Gasteiger partial charge in [0.05, 0.1) is 16.4 Å². The average Bonchev–Trinajstić information content (AvgIpc) is 2.66. The molecule has 0 fully saturated rings. The summed E-state index contributed by atoms with van der Waals surface area (Å²) in [6, 6.07) is 28.5. The van der Waals surface area contributed by atoms with Gasteiger partial charge in [0.25, 0.3) is 0 Å². The summed E-state index contributed by atoms with van der Waals surface area (Å²) in [4.78, 5) is 2.19. The van der Waals surface area contributed by atoms with Crippen LogP contribution in [0.4, 0.5) is 17.1 Å². The fraction of sp³-hybridized carbons (Fsp3) is 0. The first-order valence-corrected chi connectivity index (χ1v) is 8.54. The maximum absolute atomic E-state index is 6.58. The highest BCUT2D eigenvalue weighted by Crippen LogP contribution is 2.53. The van der Waals surface area contributed by atoms with E-state index in [2.05, 4.69) is 53.4 Å². The van der Waals surface area contributed by atoms with Crippen LogP contribution in [0.2, 0.25) is 5.02 Å². The molecule has 5 rings (SSSR count). The van der Waals surface area contributed by atoms with Crippen LogP contribution in [0.3, 0.4) is 0 Å². The van der Waals surface area contributed by atoms with Gasteiger partial charge in [-0.25, -0.2) is 0 Å². The normalized spacial score (nSPS) is 12.4. The molecule has 0 amide bonds. The number of halogens is 1. The Kier molecular flexibility index (Phi) is 3.19. The van der Waals surface area contributed by atoms with E-state index < -0.39 is 0 Å². The lowest BCUT2D eigenvalue weighted by molar-refractivity contribution is 0.477. The van der Waals surface area contributed by atoms with Crippen LogP contribution in [0.15, 0.2) is 84.9 Å². The molecule has 1 heterocycles. The largest absolute Gasteiger partial charge is 0.453 e. The van der Waals surface area contributed by atoms with E-state index in [-0.39, 0.29) is 0 Å². The first kappa shape index (κ1) is 14.4. The monoisotopic (exact) mass is 343 g/mol. The first-order valence-electron chi connectivity index (χ1n) is 8.16. The minimum absolute atomic E-state index is 0.667. The quantitative estimate of drug-likeness (QED) is 0.323. The summed E-state index contributed by atoms with van der Waals surface area (Å²) in [5.74, 6) is 1.59. The Balaban J connectivity index is 1.87. The lowest BCUT2D eigenvalue weighted by Gasteiger charge is -2.34. The van der Waals surface area contributed by atoms with E-state index in [0.29, 0.717) is 5.02 Å². The molecule has 25 heavy (non-hydrogen) atoms. The molecule has 0 atom stereocenters. The Morgan fingerprint density at radius 3 is 2.28 bits per heavy atom. The maximum atomic E-state index is 6.58. The molecule has 0 saturated carbocycles. The van der Waals surface area contributed by atoms with Crippen molar-refractivity contribution in [2.24, 2.45) is 0 Å². The molecule has 1 aliphatic heterocycles. The van der Waals surface area contributed by atoms with E-state index in [1.165, 1.54) is 10.8 Å². The molecular weight excluding hydrogens is 330 g/mol. The van der Waals surface area contributed by atoms with Gasteiger partial charge in [0.2, 0.25) is 0 Å². The molecule has 0 radical (unpaired) electrons. The number of para-hydroxylation sites is 3. The van der Waals surface area contributed by atoms with Crippen LogP contribution in [0, 0.1) is 0 Å². The second-order valence-electron chi connectivity index (χ2n) is 5.99. The van der Waals surface area contributed by atoms with Crippen LogP contribution in [-0.2, 0) is 0 Å². The van der Waals surface area contributed by atoms with Gasteiger partial charge in [0, 0.05) is 5.39 Å². The zero-order valence-electron chi connectivity index (χ0n) is 13.3. The number of rotatable bonds is 1. The smallest absolute Gasteiger partial charge is 0.153 e. The number of fused-ring (bicyclic) bond motifs is 3. The molecule has 4 aromatic rings. The van der Waals surface area contributed by atoms with Gasteiger partial charge < -0.3 is 9.64 Å². The number of hydrogen-bond acceptors (Lipinski definition) is 2. The molecule has 3 heteroatoms. The number of nitrogens with zero attached hydrogens (tertiary/aromatic N) is 1. The van der Waals surface area contributed by atoms with Gasteiger partial charge in [-0.2, -0.15) is 0 Å². The number of benzene rings is 4. The highest BCUT2D eigenvalue weighted by Gasteiger charge is 2.28. The van der Waals surface area contributed by atoms with Crippen molar-refractivity contribution in [3.05, 3.63) is 90.0 Å². The van der Waals surface area contributed by atoms with Crippen LogP contribution >= 0.6 is 11.6 Å². The summed E-state index contributed by atoms with van der Waals surface area (Å²) < 4.78 is 6.10. The summed E-state index contributed by atoms with van der Waals surface area (Å²) in [6.45, 7) is 0. The van der Waals surface area contributed by atoms with Crippen LogP contribution in [0.5, 0.6) is 11.5 Å². The van der Waals surface area contributed by atoms with Crippen molar-refractivity contribution in [1.29, 1.82) is 0 Å². The Morgan fingerprint density at radius 1 is 0.640 bits per heavy atom.